The van der Waals surface area contributed by atoms with E-state index in [2.05, 4.69) is 4.98 Å². The van der Waals surface area contributed by atoms with Gasteiger partial charge in [0, 0.05) is 18.5 Å². The predicted molar refractivity (Wildman–Crippen MR) is 135 cm³/mol. The van der Waals surface area contributed by atoms with Crippen LogP contribution >= 0.6 is 0 Å². The monoisotopic (exact) mass is 512 g/mol. The van der Waals surface area contributed by atoms with Gasteiger partial charge in [-0.1, -0.05) is 26.0 Å². The van der Waals surface area contributed by atoms with Crippen molar-refractivity contribution in [2.45, 2.75) is 81.7 Å². The molecule has 36 heavy (non-hydrogen) atoms. The molecule has 4 aliphatic rings. The van der Waals surface area contributed by atoms with Gasteiger partial charge in [0.25, 0.3) is 15.7 Å². The second-order valence-electron chi connectivity index (χ2n) is 11.0. The molecule has 4 aliphatic carbocycles. The summed E-state index contributed by atoms with van der Waals surface area (Å²) in [5.74, 6) is 2.37. The van der Waals surface area contributed by atoms with Crippen LogP contribution in [0.2, 0.25) is 0 Å². The van der Waals surface area contributed by atoms with E-state index in [0.717, 1.165) is 43.5 Å². The Bertz CT molecular complexity index is 1570. The molecule has 4 bridgehead atoms. The summed E-state index contributed by atoms with van der Waals surface area (Å²) in [6.45, 7) is 4.81. The third-order valence-electron chi connectivity index (χ3n) is 8.96. The Morgan fingerprint density at radius 1 is 1.06 bits per heavy atom. The molecule has 5 unspecified atom stereocenters. The fourth-order valence-corrected chi connectivity index (χ4v) is 8.36. The first-order valence-electron chi connectivity index (χ1n) is 13.0. The number of imidazole rings is 1. The normalized spacial score (nSPS) is 29.0. The molecule has 9 nitrogen and oxygen atoms in total. The van der Waals surface area contributed by atoms with Crippen molar-refractivity contribution in [3.63, 3.8) is 0 Å². The fraction of sp³-hybridized carbons (Fsp3) is 0.577. The molecule has 4 saturated carbocycles. The van der Waals surface area contributed by atoms with E-state index in [4.69, 9.17) is 4.98 Å². The Kier molecular flexibility index (Phi) is 5.35. The highest BCUT2D eigenvalue weighted by molar-refractivity contribution is 7.85. The lowest BCUT2D eigenvalue weighted by atomic mass is 9.64. The van der Waals surface area contributed by atoms with Crippen LogP contribution in [-0.2, 0) is 28.6 Å². The summed E-state index contributed by atoms with van der Waals surface area (Å²) in [6.07, 6.45) is 5.72. The largest absolute Gasteiger partial charge is 0.336 e. The molecule has 4 fully saturated rings. The lowest BCUT2D eigenvalue weighted by Gasteiger charge is -2.40. The Balaban J connectivity index is 1.55. The Morgan fingerprint density at radius 3 is 2.42 bits per heavy atom. The van der Waals surface area contributed by atoms with Gasteiger partial charge < -0.3 is 4.98 Å². The van der Waals surface area contributed by atoms with Crippen molar-refractivity contribution in [1.29, 1.82) is 0 Å². The fourth-order valence-electron chi connectivity index (χ4n) is 7.88. The van der Waals surface area contributed by atoms with E-state index in [0.29, 0.717) is 48.4 Å². The minimum atomic E-state index is -4.26. The van der Waals surface area contributed by atoms with Gasteiger partial charge in [-0.3, -0.25) is 18.5 Å². The van der Waals surface area contributed by atoms with Gasteiger partial charge >= 0.3 is 5.69 Å². The van der Waals surface area contributed by atoms with Crippen LogP contribution < -0.4 is 11.2 Å². The number of nitrogens with one attached hydrogen (secondary N) is 1. The number of hydrogen-bond donors (Lipinski definition) is 2. The smallest absolute Gasteiger partial charge is 0.332 e. The first kappa shape index (κ1) is 23.7. The van der Waals surface area contributed by atoms with Crippen LogP contribution in [0.1, 0.15) is 69.7 Å². The van der Waals surface area contributed by atoms with Crippen LogP contribution in [0.25, 0.3) is 11.2 Å². The minimum absolute atomic E-state index is 0.114. The molecule has 3 aromatic rings. The highest BCUT2D eigenvalue weighted by atomic mass is 32.2. The zero-order chi connectivity index (χ0) is 25.4. The third kappa shape index (κ3) is 3.23. The Morgan fingerprint density at radius 2 is 1.75 bits per heavy atom. The second kappa shape index (κ2) is 8.14. The predicted octanol–water partition coefficient (Wildman–Crippen LogP) is 3.42. The molecule has 0 spiro atoms. The standard InChI is InChI=1S/C26H32N4O5S/c1-3-9-29-22-21(23(31)30(10-4-2)25(29)32)27-24(28-22)26-14-15-11-17(13-18(26)12-15)20(26)16-5-7-19(8-6-16)36(33,34)35/h5-8,15,17-18,20H,3-4,9-14H2,1-2H3,(H,27,28)(H,33,34,35). The van der Waals surface area contributed by atoms with Gasteiger partial charge in [-0.15, -0.1) is 0 Å². The van der Waals surface area contributed by atoms with Crippen molar-refractivity contribution in [2.75, 3.05) is 0 Å². The van der Waals surface area contributed by atoms with E-state index in [1.807, 2.05) is 26.0 Å². The van der Waals surface area contributed by atoms with Crippen LogP contribution in [0.15, 0.2) is 38.8 Å². The van der Waals surface area contributed by atoms with Gasteiger partial charge in [-0.25, -0.2) is 9.78 Å². The minimum Gasteiger partial charge on any atom is -0.336 e. The van der Waals surface area contributed by atoms with E-state index in [1.54, 1.807) is 4.57 Å². The molecule has 7 rings (SSSR count). The van der Waals surface area contributed by atoms with E-state index < -0.39 is 10.1 Å². The van der Waals surface area contributed by atoms with Crippen LogP contribution in [0.4, 0.5) is 0 Å². The van der Waals surface area contributed by atoms with Crippen LogP contribution in [0.3, 0.4) is 0 Å². The molecule has 2 N–H and O–H groups in total. The maximum Gasteiger partial charge on any atom is 0.332 e. The number of benzene rings is 1. The van der Waals surface area contributed by atoms with Crippen LogP contribution in [0, 0.1) is 17.8 Å². The van der Waals surface area contributed by atoms with Crippen molar-refractivity contribution < 1.29 is 13.0 Å². The highest BCUT2D eigenvalue weighted by Gasteiger charge is 2.65. The molecule has 0 aliphatic heterocycles. The van der Waals surface area contributed by atoms with Crippen molar-refractivity contribution in [3.8, 4) is 0 Å². The van der Waals surface area contributed by atoms with Crippen molar-refractivity contribution in [1.82, 2.24) is 19.1 Å². The van der Waals surface area contributed by atoms with Gasteiger partial charge in [0.05, 0.1) is 4.90 Å². The summed E-state index contributed by atoms with van der Waals surface area (Å²) in [4.78, 5) is 34.9. The van der Waals surface area contributed by atoms with Gasteiger partial charge in [0.1, 0.15) is 11.3 Å². The molecular formula is C26H32N4O5S. The lowest BCUT2D eigenvalue weighted by Crippen LogP contribution is -2.40. The average Bonchev–Trinajstić information content (AvgIpc) is 3.46. The summed E-state index contributed by atoms with van der Waals surface area (Å²) in [6, 6.07) is 6.57. The zero-order valence-corrected chi connectivity index (χ0v) is 21.4. The number of aromatic nitrogens is 4. The number of fused-ring (bicyclic) bond motifs is 1. The molecule has 5 atom stereocenters. The van der Waals surface area contributed by atoms with Crippen molar-refractivity contribution >= 4 is 21.3 Å². The first-order valence-corrected chi connectivity index (χ1v) is 14.4. The Labute approximate surface area is 209 Å². The van der Waals surface area contributed by atoms with Gasteiger partial charge in [-0.2, -0.15) is 8.42 Å². The van der Waals surface area contributed by atoms with Gasteiger partial charge in [0.15, 0.2) is 5.65 Å². The average molecular weight is 513 g/mol. The topological polar surface area (TPSA) is 127 Å². The molecule has 0 radical (unpaired) electrons. The second-order valence-corrected chi connectivity index (χ2v) is 12.4. The van der Waals surface area contributed by atoms with E-state index in [9.17, 15) is 22.6 Å². The molecular weight excluding hydrogens is 480 g/mol. The summed E-state index contributed by atoms with van der Waals surface area (Å²) in [7, 11) is -4.26. The maximum atomic E-state index is 13.4. The molecule has 2 heterocycles. The number of aromatic amines is 1. The number of H-pyrrole nitrogens is 1. The van der Waals surface area contributed by atoms with Crippen LogP contribution in [0.5, 0.6) is 0 Å². The number of aryl methyl sites for hydroxylation is 1. The van der Waals surface area contributed by atoms with E-state index >= 15 is 0 Å². The Hall–Kier alpha value is -2.72. The van der Waals surface area contributed by atoms with Gasteiger partial charge in [-0.05, 0) is 79.9 Å². The molecule has 192 valence electrons. The SMILES string of the molecule is CCCn1c(=O)c2[nH]c(C34CC5CC(CC3C5)C4c3ccc(S(=O)(=O)O)cc3)nc2n(CCC)c1=O. The van der Waals surface area contributed by atoms with E-state index in [-0.39, 0.29) is 27.5 Å². The summed E-state index contributed by atoms with van der Waals surface area (Å²) in [5, 5.41) is 0. The maximum absolute atomic E-state index is 13.4. The summed E-state index contributed by atoms with van der Waals surface area (Å²) in [5.41, 5.74) is 0.960. The van der Waals surface area contributed by atoms with E-state index in [1.165, 1.54) is 16.7 Å². The molecule has 10 heteroatoms. The highest BCUT2D eigenvalue weighted by Crippen LogP contribution is 2.71. The zero-order valence-electron chi connectivity index (χ0n) is 20.6. The number of rotatable bonds is 7. The van der Waals surface area contributed by atoms with Crippen molar-refractivity contribution in [3.05, 3.63) is 56.5 Å². The quantitative estimate of drug-likeness (QED) is 0.467. The van der Waals surface area contributed by atoms with Crippen LogP contribution in [-0.4, -0.2) is 32.1 Å². The molecule has 1 aromatic carbocycles. The molecule has 2 aromatic heterocycles. The number of nitrogens with zero attached hydrogens (tertiary/aromatic N) is 3. The van der Waals surface area contributed by atoms with Gasteiger partial charge in [0.2, 0.25) is 0 Å². The summed E-state index contributed by atoms with van der Waals surface area (Å²) >= 11 is 0. The third-order valence-corrected chi connectivity index (χ3v) is 9.82. The first-order chi connectivity index (χ1) is 17.2. The van der Waals surface area contributed by atoms with Crippen molar-refractivity contribution in [2.24, 2.45) is 17.8 Å². The molecule has 0 amide bonds. The molecule has 0 saturated heterocycles. The lowest BCUT2D eigenvalue weighted by molar-refractivity contribution is 0.222. The number of hydrogen-bond acceptors (Lipinski definition) is 5. The summed E-state index contributed by atoms with van der Waals surface area (Å²) < 4.78 is 35.6.